The molecule has 1 atom stereocenters. The maximum absolute atomic E-state index is 13.2. The molecule has 1 aliphatic rings. The zero-order chi connectivity index (χ0) is 14.3. The Bertz CT molecular complexity index is 617. The molecule has 1 saturated carbocycles. The van der Waals surface area contributed by atoms with Crippen molar-refractivity contribution in [1.82, 2.24) is 10.3 Å². The Hall–Kier alpha value is -0.970. The number of rotatable bonds is 4. The van der Waals surface area contributed by atoms with Crippen molar-refractivity contribution in [3.05, 3.63) is 50.2 Å². The SMILES string of the molecule is Cc1nc(C(NC2CC2)c2ccc(F)cc2Cl)sc1C. The van der Waals surface area contributed by atoms with E-state index in [0.717, 1.165) is 16.3 Å². The van der Waals surface area contributed by atoms with E-state index in [1.807, 2.05) is 6.92 Å². The number of aryl methyl sites for hydroxylation is 2. The van der Waals surface area contributed by atoms with E-state index in [1.54, 1.807) is 17.4 Å². The molecular weight excluding hydrogens is 295 g/mol. The van der Waals surface area contributed by atoms with Gasteiger partial charge < -0.3 is 5.32 Å². The topological polar surface area (TPSA) is 24.9 Å². The molecule has 1 aliphatic carbocycles. The van der Waals surface area contributed by atoms with Gasteiger partial charge in [-0.25, -0.2) is 9.37 Å². The molecule has 0 bridgehead atoms. The first-order valence-corrected chi connectivity index (χ1v) is 7.89. The van der Waals surface area contributed by atoms with Gasteiger partial charge in [0.05, 0.1) is 11.7 Å². The second-order valence-electron chi connectivity index (χ2n) is 5.23. The van der Waals surface area contributed by atoms with Crippen molar-refractivity contribution in [3.8, 4) is 0 Å². The van der Waals surface area contributed by atoms with Crippen LogP contribution in [0.5, 0.6) is 0 Å². The Balaban J connectivity index is 2.00. The van der Waals surface area contributed by atoms with Crippen molar-refractivity contribution in [1.29, 1.82) is 0 Å². The summed E-state index contributed by atoms with van der Waals surface area (Å²) in [5.41, 5.74) is 1.94. The number of benzene rings is 1. The van der Waals surface area contributed by atoms with Gasteiger partial charge in [0.1, 0.15) is 10.8 Å². The van der Waals surface area contributed by atoms with E-state index in [0.29, 0.717) is 11.1 Å². The fraction of sp³-hybridized carbons (Fsp3) is 0.400. The average molecular weight is 311 g/mol. The largest absolute Gasteiger partial charge is 0.301 e. The van der Waals surface area contributed by atoms with E-state index in [4.69, 9.17) is 11.6 Å². The Kier molecular flexibility index (Phi) is 3.80. The van der Waals surface area contributed by atoms with Crippen LogP contribution in [0, 0.1) is 19.7 Å². The van der Waals surface area contributed by atoms with Crippen LogP contribution in [0.2, 0.25) is 5.02 Å². The summed E-state index contributed by atoms with van der Waals surface area (Å²) in [5, 5.41) is 5.02. The summed E-state index contributed by atoms with van der Waals surface area (Å²) in [4.78, 5) is 5.84. The number of hydrogen-bond donors (Lipinski definition) is 1. The maximum Gasteiger partial charge on any atom is 0.124 e. The zero-order valence-electron chi connectivity index (χ0n) is 11.4. The smallest absolute Gasteiger partial charge is 0.124 e. The van der Waals surface area contributed by atoms with Gasteiger partial charge in [0, 0.05) is 15.9 Å². The molecule has 0 saturated heterocycles. The number of nitrogens with one attached hydrogen (secondary N) is 1. The molecule has 3 rings (SSSR count). The second kappa shape index (κ2) is 5.43. The lowest BCUT2D eigenvalue weighted by Crippen LogP contribution is -2.24. The van der Waals surface area contributed by atoms with E-state index < -0.39 is 0 Å². The first-order chi connectivity index (χ1) is 9.54. The predicted octanol–water partition coefficient (Wildman–Crippen LogP) is 4.39. The molecule has 5 heteroatoms. The van der Waals surface area contributed by atoms with Crippen LogP contribution in [0.4, 0.5) is 4.39 Å². The number of halogens is 2. The van der Waals surface area contributed by atoms with Crippen LogP contribution >= 0.6 is 22.9 Å². The Morgan fingerprint density at radius 2 is 2.15 bits per heavy atom. The molecule has 2 nitrogen and oxygen atoms in total. The van der Waals surface area contributed by atoms with Crippen LogP contribution < -0.4 is 5.32 Å². The van der Waals surface area contributed by atoms with Gasteiger partial charge in [0.2, 0.25) is 0 Å². The first kappa shape index (κ1) is 14.0. The van der Waals surface area contributed by atoms with Crippen LogP contribution in [0.1, 0.15) is 40.0 Å². The van der Waals surface area contributed by atoms with Gasteiger partial charge in [-0.1, -0.05) is 17.7 Å². The minimum absolute atomic E-state index is 0.0481. The number of thiazole rings is 1. The predicted molar refractivity (Wildman–Crippen MR) is 81.0 cm³/mol. The van der Waals surface area contributed by atoms with Crippen molar-refractivity contribution in [2.45, 2.75) is 38.8 Å². The standard InChI is InChI=1S/C15H16ClFN2S/c1-8-9(2)20-15(18-8)14(19-11-4-5-11)12-6-3-10(17)7-13(12)16/h3,6-7,11,14,19H,4-5H2,1-2H3. The molecule has 1 unspecified atom stereocenters. The van der Waals surface area contributed by atoms with Gasteiger partial charge in [-0.05, 0) is 44.4 Å². The summed E-state index contributed by atoms with van der Waals surface area (Å²) in [6, 6.07) is 5.05. The molecule has 0 spiro atoms. The van der Waals surface area contributed by atoms with E-state index in [-0.39, 0.29) is 11.9 Å². The summed E-state index contributed by atoms with van der Waals surface area (Å²) in [5.74, 6) is -0.310. The molecular formula is C15H16ClFN2S. The summed E-state index contributed by atoms with van der Waals surface area (Å²) >= 11 is 7.90. The summed E-state index contributed by atoms with van der Waals surface area (Å²) in [6.45, 7) is 4.08. The maximum atomic E-state index is 13.2. The third-order valence-corrected chi connectivity index (χ3v) is 5.01. The van der Waals surface area contributed by atoms with Crippen LogP contribution in [0.15, 0.2) is 18.2 Å². The molecule has 0 radical (unpaired) electrons. The highest BCUT2D eigenvalue weighted by molar-refractivity contribution is 7.11. The lowest BCUT2D eigenvalue weighted by atomic mass is 10.1. The van der Waals surface area contributed by atoms with Crippen LogP contribution in [0.25, 0.3) is 0 Å². The molecule has 0 aliphatic heterocycles. The first-order valence-electron chi connectivity index (χ1n) is 6.69. The van der Waals surface area contributed by atoms with Crippen molar-refractivity contribution < 1.29 is 4.39 Å². The van der Waals surface area contributed by atoms with Crippen molar-refractivity contribution >= 4 is 22.9 Å². The second-order valence-corrected chi connectivity index (χ2v) is 6.88. The van der Waals surface area contributed by atoms with Gasteiger partial charge in [-0.3, -0.25) is 0 Å². The monoisotopic (exact) mass is 310 g/mol. The summed E-state index contributed by atoms with van der Waals surface area (Å²) in [6.07, 6.45) is 2.36. The number of aromatic nitrogens is 1. The molecule has 1 aromatic carbocycles. The molecule has 0 amide bonds. The Morgan fingerprint density at radius 3 is 2.70 bits per heavy atom. The van der Waals surface area contributed by atoms with E-state index in [9.17, 15) is 4.39 Å². The summed E-state index contributed by atoms with van der Waals surface area (Å²) in [7, 11) is 0. The van der Waals surface area contributed by atoms with Crippen molar-refractivity contribution in [2.24, 2.45) is 0 Å². The van der Waals surface area contributed by atoms with Crippen molar-refractivity contribution in [3.63, 3.8) is 0 Å². The highest BCUT2D eigenvalue weighted by atomic mass is 35.5. The average Bonchev–Trinajstić information content (AvgIpc) is 3.14. The molecule has 1 aromatic heterocycles. The summed E-state index contributed by atoms with van der Waals surface area (Å²) < 4.78 is 13.2. The minimum Gasteiger partial charge on any atom is -0.301 e. The fourth-order valence-electron chi connectivity index (χ4n) is 2.14. The molecule has 1 heterocycles. The highest BCUT2D eigenvalue weighted by Crippen LogP contribution is 2.35. The molecule has 1 fully saturated rings. The van der Waals surface area contributed by atoms with Crippen LogP contribution in [-0.4, -0.2) is 11.0 Å². The quantitative estimate of drug-likeness (QED) is 0.905. The third-order valence-electron chi connectivity index (χ3n) is 3.55. The van der Waals surface area contributed by atoms with Gasteiger partial charge in [-0.15, -0.1) is 11.3 Å². The Labute approximate surface area is 127 Å². The number of hydrogen-bond acceptors (Lipinski definition) is 3. The lowest BCUT2D eigenvalue weighted by molar-refractivity contribution is 0.592. The van der Waals surface area contributed by atoms with E-state index >= 15 is 0 Å². The molecule has 20 heavy (non-hydrogen) atoms. The van der Waals surface area contributed by atoms with Crippen LogP contribution in [-0.2, 0) is 0 Å². The lowest BCUT2D eigenvalue weighted by Gasteiger charge is -2.18. The fourth-order valence-corrected chi connectivity index (χ4v) is 3.42. The van der Waals surface area contributed by atoms with Gasteiger partial charge in [0.25, 0.3) is 0 Å². The molecule has 2 aromatic rings. The van der Waals surface area contributed by atoms with Crippen LogP contribution in [0.3, 0.4) is 0 Å². The van der Waals surface area contributed by atoms with Crippen molar-refractivity contribution in [2.75, 3.05) is 0 Å². The minimum atomic E-state index is -0.310. The molecule has 106 valence electrons. The van der Waals surface area contributed by atoms with E-state index in [2.05, 4.69) is 17.2 Å². The van der Waals surface area contributed by atoms with Gasteiger partial charge in [-0.2, -0.15) is 0 Å². The normalized spacial score (nSPS) is 16.4. The third kappa shape index (κ3) is 2.87. The van der Waals surface area contributed by atoms with Gasteiger partial charge in [0.15, 0.2) is 0 Å². The Morgan fingerprint density at radius 1 is 1.40 bits per heavy atom. The number of nitrogens with zero attached hydrogens (tertiary/aromatic N) is 1. The molecule has 1 N–H and O–H groups in total. The zero-order valence-corrected chi connectivity index (χ0v) is 13.0. The highest BCUT2D eigenvalue weighted by Gasteiger charge is 2.29. The van der Waals surface area contributed by atoms with Gasteiger partial charge >= 0.3 is 0 Å². The van der Waals surface area contributed by atoms with E-state index in [1.165, 1.54) is 29.9 Å².